The number of piperidine rings is 1. The second-order valence-electron chi connectivity index (χ2n) is 10.9. The van der Waals surface area contributed by atoms with E-state index in [1.807, 2.05) is 17.0 Å². The van der Waals surface area contributed by atoms with Crippen LogP contribution < -0.4 is 28.7 Å². The fourth-order valence-corrected chi connectivity index (χ4v) is 6.14. The first-order chi connectivity index (χ1) is 21.6. The van der Waals surface area contributed by atoms with E-state index in [0.29, 0.717) is 67.0 Å². The number of alkyl halides is 3. The molecule has 2 atom stereocenters. The Hall–Kier alpha value is -4.61. The molecule has 0 spiro atoms. The van der Waals surface area contributed by atoms with Crippen molar-refractivity contribution in [2.24, 2.45) is 5.92 Å². The molecule has 0 radical (unpaired) electrons. The highest BCUT2D eigenvalue weighted by Gasteiger charge is 2.44. The molecule has 240 valence electrons. The Kier molecular flexibility index (Phi) is 9.31. The zero-order chi connectivity index (χ0) is 32.3. The highest BCUT2D eigenvalue weighted by Crippen LogP contribution is 2.47. The van der Waals surface area contributed by atoms with Gasteiger partial charge in [-0.05, 0) is 42.3 Å². The van der Waals surface area contributed by atoms with Crippen molar-refractivity contribution in [3.63, 3.8) is 0 Å². The molecule has 3 aromatic carbocycles. The fraction of sp³-hybridized carbons (Fsp3) is 0.394. The molecule has 9 nitrogen and oxygen atoms in total. The lowest BCUT2D eigenvalue weighted by Gasteiger charge is -2.44. The van der Waals surface area contributed by atoms with E-state index in [-0.39, 0.29) is 18.2 Å². The minimum absolute atomic E-state index is 0.121. The van der Waals surface area contributed by atoms with Gasteiger partial charge in [0.25, 0.3) is 0 Å². The first-order valence-corrected chi connectivity index (χ1v) is 14.6. The fourth-order valence-electron chi connectivity index (χ4n) is 6.14. The van der Waals surface area contributed by atoms with Crippen LogP contribution in [0.3, 0.4) is 0 Å². The minimum atomic E-state index is -4.44. The number of piperazine rings is 1. The smallest absolute Gasteiger partial charge is 0.416 e. The number of benzene rings is 3. The van der Waals surface area contributed by atoms with E-state index in [9.17, 15) is 22.8 Å². The molecule has 0 bridgehead atoms. The van der Waals surface area contributed by atoms with Gasteiger partial charge in [-0.2, -0.15) is 13.2 Å². The van der Waals surface area contributed by atoms with Crippen molar-refractivity contribution in [2.45, 2.75) is 25.1 Å². The third kappa shape index (κ3) is 6.45. The van der Waals surface area contributed by atoms with E-state index in [2.05, 4.69) is 0 Å². The maximum atomic E-state index is 14.2. The summed E-state index contributed by atoms with van der Waals surface area (Å²) in [5.41, 5.74) is 0.991. The molecule has 0 N–H and O–H groups in total. The number of anilines is 2. The molecule has 2 unspecified atom stereocenters. The number of halogens is 3. The minimum Gasteiger partial charge on any atom is -0.497 e. The molecule has 0 aromatic heterocycles. The van der Waals surface area contributed by atoms with Crippen molar-refractivity contribution in [1.29, 1.82) is 0 Å². The van der Waals surface area contributed by atoms with Gasteiger partial charge in [0.05, 0.1) is 51.6 Å². The number of nitrogens with zero attached hydrogens (tertiary/aromatic N) is 3. The predicted octanol–water partition coefficient (Wildman–Crippen LogP) is 5.57. The van der Waals surface area contributed by atoms with E-state index in [1.165, 1.54) is 27.4 Å². The topological polar surface area (TPSA) is 80.8 Å². The van der Waals surface area contributed by atoms with Crippen molar-refractivity contribution in [3.05, 3.63) is 71.8 Å². The van der Waals surface area contributed by atoms with E-state index < -0.39 is 23.7 Å². The van der Waals surface area contributed by atoms with E-state index in [4.69, 9.17) is 18.9 Å². The van der Waals surface area contributed by atoms with Gasteiger partial charge in [-0.3, -0.25) is 9.59 Å². The quantitative estimate of drug-likeness (QED) is 0.323. The predicted molar refractivity (Wildman–Crippen MR) is 162 cm³/mol. The van der Waals surface area contributed by atoms with Gasteiger partial charge in [-0.1, -0.05) is 18.2 Å². The molecule has 0 saturated carbocycles. The van der Waals surface area contributed by atoms with E-state index in [0.717, 1.165) is 17.7 Å². The normalized spacial score (nSPS) is 18.9. The van der Waals surface area contributed by atoms with Crippen LogP contribution >= 0.6 is 0 Å². The summed E-state index contributed by atoms with van der Waals surface area (Å²) in [6, 6.07) is 15.2. The number of rotatable bonds is 8. The molecule has 3 aromatic rings. The Morgan fingerprint density at radius 1 is 0.800 bits per heavy atom. The summed E-state index contributed by atoms with van der Waals surface area (Å²) in [5, 5.41) is 0. The van der Waals surface area contributed by atoms with Crippen LogP contribution in [0, 0.1) is 5.92 Å². The Morgan fingerprint density at radius 2 is 1.44 bits per heavy atom. The summed E-state index contributed by atoms with van der Waals surface area (Å²) in [7, 11) is 6.04. The zero-order valence-electron chi connectivity index (χ0n) is 25.6. The number of hydrogen-bond acceptors (Lipinski definition) is 7. The first-order valence-electron chi connectivity index (χ1n) is 14.6. The highest BCUT2D eigenvalue weighted by atomic mass is 19.4. The molecule has 2 aliphatic heterocycles. The average Bonchev–Trinajstić information content (AvgIpc) is 3.06. The standard InChI is InChI=1S/C33H36F3N3O6/c1-42-25-10-8-21(9-11-25)30-26(12-13-29(40)39(30)24-19-27(43-2)31(45-4)28(20-24)44-3)32(41)38-16-14-37(15-17-38)23-7-5-6-22(18-23)33(34,35)36/h5-11,18-20,26,30H,12-17H2,1-4H3. The van der Waals surface area contributed by atoms with E-state index >= 15 is 0 Å². The van der Waals surface area contributed by atoms with Crippen molar-refractivity contribution >= 4 is 23.2 Å². The van der Waals surface area contributed by atoms with Crippen LogP contribution in [-0.4, -0.2) is 71.3 Å². The van der Waals surface area contributed by atoms with Crippen LogP contribution in [0.15, 0.2) is 60.7 Å². The molecule has 2 amide bonds. The second kappa shape index (κ2) is 13.2. The Morgan fingerprint density at radius 3 is 2.00 bits per heavy atom. The zero-order valence-corrected chi connectivity index (χ0v) is 25.6. The summed E-state index contributed by atoms with van der Waals surface area (Å²) in [5.74, 6) is 0.872. The molecule has 2 heterocycles. The monoisotopic (exact) mass is 627 g/mol. The van der Waals surface area contributed by atoms with Gasteiger partial charge in [0.2, 0.25) is 17.6 Å². The highest BCUT2D eigenvalue weighted by molar-refractivity contribution is 5.98. The summed E-state index contributed by atoms with van der Waals surface area (Å²) >= 11 is 0. The lowest BCUT2D eigenvalue weighted by molar-refractivity contribution is -0.139. The van der Waals surface area contributed by atoms with E-state index in [1.54, 1.807) is 47.2 Å². The molecule has 12 heteroatoms. The van der Waals surface area contributed by atoms with Crippen molar-refractivity contribution < 1.29 is 41.7 Å². The maximum Gasteiger partial charge on any atom is 0.416 e. The van der Waals surface area contributed by atoms with Crippen LogP contribution in [0.4, 0.5) is 24.5 Å². The SMILES string of the molecule is COc1ccc(C2C(C(=O)N3CCN(c4cccc(C(F)(F)F)c4)CC3)CCC(=O)N2c2cc(OC)c(OC)c(OC)c2)cc1. The molecule has 2 fully saturated rings. The Bertz CT molecular complexity index is 1500. The largest absolute Gasteiger partial charge is 0.497 e. The van der Waals surface area contributed by atoms with Crippen molar-refractivity contribution in [1.82, 2.24) is 4.90 Å². The van der Waals surface area contributed by atoms with Crippen LogP contribution in [0.25, 0.3) is 0 Å². The Balaban J connectivity index is 1.46. The molecule has 0 aliphatic carbocycles. The molecule has 2 saturated heterocycles. The van der Waals surface area contributed by atoms with Gasteiger partial charge in [0, 0.05) is 50.4 Å². The van der Waals surface area contributed by atoms with Gasteiger partial charge in [-0.25, -0.2) is 0 Å². The second-order valence-corrected chi connectivity index (χ2v) is 10.9. The maximum absolute atomic E-state index is 14.2. The van der Waals surface area contributed by atoms with Gasteiger partial charge in [0.1, 0.15) is 5.75 Å². The molecular formula is C33H36F3N3O6. The summed E-state index contributed by atoms with van der Waals surface area (Å²) < 4.78 is 61.9. The van der Waals surface area contributed by atoms with Gasteiger partial charge >= 0.3 is 6.18 Å². The molecule has 2 aliphatic rings. The van der Waals surface area contributed by atoms with Crippen molar-refractivity contribution in [3.8, 4) is 23.0 Å². The summed E-state index contributed by atoms with van der Waals surface area (Å²) in [6.07, 6.45) is -3.96. The summed E-state index contributed by atoms with van der Waals surface area (Å²) in [6.45, 7) is 1.42. The number of carbonyl (C=O) groups is 2. The number of methoxy groups -OCH3 is 4. The third-order valence-electron chi connectivity index (χ3n) is 8.43. The third-order valence-corrected chi connectivity index (χ3v) is 8.43. The number of hydrogen-bond donors (Lipinski definition) is 0. The van der Waals surface area contributed by atoms with Crippen LogP contribution in [0.1, 0.15) is 30.0 Å². The van der Waals surface area contributed by atoms with Gasteiger partial charge in [0.15, 0.2) is 11.5 Å². The molecular weight excluding hydrogens is 591 g/mol. The van der Waals surface area contributed by atoms with Gasteiger partial charge < -0.3 is 33.6 Å². The van der Waals surface area contributed by atoms with Crippen molar-refractivity contribution in [2.75, 3.05) is 64.4 Å². The van der Waals surface area contributed by atoms with Crippen LogP contribution in [0.5, 0.6) is 23.0 Å². The molecule has 45 heavy (non-hydrogen) atoms. The number of ether oxygens (including phenoxy) is 4. The lowest BCUT2D eigenvalue weighted by atomic mass is 9.82. The van der Waals surface area contributed by atoms with Gasteiger partial charge in [-0.15, -0.1) is 0 Å². The van der Waals surface area contributed by atoms with Crippen LogP contribution in [0.2, 0.25) is 0 Å². The summed E-state index contributed by atoms with van der Waals surface area (Å²) in [4.78, 5) is 33.1. The Labute approximate surface area is 260 Å². The average molecular weight is 628 g/mol. The lowest BCUT2D eigenvalue weighted by Crippen LogP contribution is -2.54. The number of carbonyl (C=O) groups excluding carboxylic acids is 2. The molecule has 5 rings (SSSR count). The van der Waals surface area contributed by atoms with Crippen LogP contribution in [-0.2, 0) is 15.8 Å². The first kappa shape index (κ1) is 31.8. The number of amides is 2.